The van der Waals surface area contributed by atoms with Crippen molar-refractivity contribution in [2.75, 3.05) is 30.0 Å². The number of hydrogen-bond donors (Lipinski definition) is 1. The Labute approximate surface area is 222 Å². The Bertz CT molecular complexity index is 1380. The van der Waals surface area contributed by atoms with E-state index in [1.165, 1.54) is 12.0 Å². The van der Waals surface area contributed by atoms with Crippen LogP contribution in [0.15, 0.2) is 66.2 Å². The van der Waals surface area contributed by atoms with Crippen molar-refractivity contribution in [3.63, 3.8) is 0 Å². The van der Waals surface area contributed by atoms with E-state index >= 15 is 0 Å². The van der Waals surface area contributed by atoms with Crippen LogP contribution in [0.25, 0.3) is 5.76 Å². The minimum Gasteiger partial charge on any atom is -0.507 e. The topological polar surface area (TPSA) is 70.1 Å². The first kappa shape index (κ1) is 26.3. The zero-order valence-corrected chi connectivity index (χ0v) is 22.5. The number of hydrogen-bond acceptors (Lipinski definition) is 5. The number of carbonyl (C=O) groups excluding carboxylic acids is 2. The molecule has 6 nitrogen and oxygen atoms in total. The van der Waals surface area contributed by atoms with Crippen molar-refractivity contribution in [3.8, 4) is 5.75 Å². The lowest BCUT2D eigenvalue weighted by atomic mass is 9.94. The summed E-state index contributed by atoms with van der Waals surface area (Å²) in [5.74, 6) is -1.35. The number of halogens is 1. The molecule has 3 aromatic rings. The number of aliphatic hydroxyl groups is 1. The van der Waals surface area contributed by atoms with E-state index in [2.05, 4.69) is 18.7 Å². The molecule has 1 fully saturated rings. The van der Waals surface area contributed by atoms with Crippen molar-refractivity contribution in [2.45, 2.75) is 33.7 Å². The molecule has 1 N–H and O–H groups in total. The summed E-state index contributed by atoms with van der Waals surface area (Å²) in [5.41, 5.74) is 4.46. The molecule has 0 aliphatic carbocycles. The summed E-state index contributed by atoms with van der Waals surface area (Å²) < 4.78 is 5.30. The van der Waals surface area contributed by atoms with Gasteiger partial charge in [-0.1, -0.05) is 41.4 Å². The summed E-state index contributed by atoms with van der Waals surface area (Å²) in [6, 6.07) is 17.4. The van der Waals surface area contributed by atoms with Crippen LogP contribution >= 0.6 is 11.6 Å². The molecular formula is C30H31ClN2O4. The predicted octanol–water partition coefficient (Wildman–Crippen LogP) is 6.44. The maximum Gasteiger partial charge on any atom is 0.300 e. The average molecular weight is 519 g/mol. The van der Waals surface area contributed by atoms with E-state index < -0.39 is 17.7 Å². The van der Waals surface area contributed by atoms with Crippen LogP contribution in [0.3, 0.4) is 0 Å². The first-order chi connectivity index (χ1) is 17.7. The molecule has 1 saturated heterocycles. The molecule has 192 valence electrons. The molecule has 1 heterocycles. The third-order valence-corrected chi connectivity index (χ3v) is 7.15. The van der Waals surface area contributed by atoms with Gasteiger partial charge in [0.1, 0.15) is 11.5 Å². The number of carbonyl (C=O) groups is 2. The summed E-state index contributed by atoms with van der Waals surface area (Å²) in [7, 11) is 1.50. The average Bonchev–Trinajstić information content (AvgIpc) is 3.15. The molecule has 3 aromatic carbocycles. The Morgan fingerprint density at radius 1 is 1.00 bits per heavy atom. The first-order valence-corrected chi connectivity index (χ1v) is 12.7. The first-order valence-electron chi connectivity index (χ1n) is 12.3. The number of anilines is 2. The van der Waals surface area contributed by atoms with Crippen LogP contribution in [0, 0.1) is 13.8 Å². The third kappa shape index (κ3) is 4.81. The zero-order valence-electron chi connectivity index (χ0n) is 21.7. The molecule has 1 aliphatic heterocycles. The molecule has 1 unspecified atom stereocenters. The van der Waals surface area contributed by atoms with Gasteiger partial charge in [0.25, 0.3) is 11.7 Å². The van der Waals surface area contributed by atoms with Crippen molar-refractivity contribution >= 4 is 40.4 Å². The molecular weight excluding hydrogens is 488 g/mol. The normalized spacial score (nSPS) is 16.8. The Morgan fingerprint density at radius 3 is 2.27 bits per heavy atom. The second-order valence-corrected chi connectivity index (χ2v) is 9.48. The number of amides is 1. The molecule has 37 heavy (non-hydrogen) atoms. The quantitative estimate of drug-likeness (QED) is 0.221. The lowest BCUT2D eigenvalue weighted by molar-refractivity contribution is -0.132. The van der Waals surface area contributed by atoms with Gasteiger partial charge < -0.3 is 14.7 Å². The fourth-order valence-corrected chi connectivity index (χ4v) is 5.09. The summed E-state index contributed by atoms with van der Waals surface area (Å²) in [6.07, 6.45) is 0. The standard InChI is InChI=1S/C30H31ClN2O4/c1-6-32(7-2)21-11-9-20(10-12-21)27-26(28(34)23-17-22(37-5)13-14-24(23)31)29(35)30(36)33(27)25-15-8-18(3)16-19(25)4/h8-17,27,34H,6-7H2,1-5H3/b28-26+. The highest BCUT2D eigenvalue weighted by Crippen LogP contribution is 2.44. The number of ketones is 1. The number of ether oxygens (including phenoxy) is 1. The highest BCUT2D eigenvalue weighted by atomic mass is 35.5. The van der Waals surface area contributed by atoms with Crippen molar-refractivity contribution in [3.05, 3.63) is 93.5 Å². The number of benzene rings is 3. The molecule has 1 atom stereocenters. The molecule has 1 amide bonds. The van der Waals surface area contributed by atoms with Crippen molar-refractivity contribution in [1.29, 1.82) is 0 Å². The van der Waals surface area contributed by atoms with Crippen LogP contribution in [-0.2, 0) is 9.59 Å². The lowest BCUT2D eigenvalue weighted by Gasteiger charge is -2.28. The number of rotatable bonds is 7. The summed E-state index contributed by atoms with van der Waals surface area (Å²) in [4.78, 5) is 30.7. The minimum atomic E-state index is -0.838. The fourth-order valence-electron chi connectivity index (χ4n) is 4.89. The number of aryl methyl sites for hydroxylation is 2. The van der Waals surface area contributed by atoms with Crippen LogP contribution < -0.4 is 14.5 Å². The second kappa shape index (κ2) is 10.7. The minimum absolute atomic E-state index is 0.0179. The van der Waals surface area contributed by atoms with E-state index in [9.17, 15) is 14.7 Å². The van der Waals surface area contributed by atoms with E-state index in [0.717, 1.165) is 29.9 Å². The number of nitrogens with zero attached hydrogens (tertiary/aromatic N) is 2. The number of aliphatic hydroxyl groups excluding tert-OH is 1. The van der Waals surface area contributed by atoms with Gasteiger partial charge in [-0.2, -0.15) is 0 Å². The van der Waals surface area contributed by atoms with E-state index in [4.69, 9.17) is 16.3 Å². The molecule has 1 aliphatic rings. The summed E-state index contributed by atoms with van der Waals surface area (Å²) in [6.45, 7) is 9.76. The van der Waals surface area contributed by atoms with Gasteiger partial charge in [-0.05, 0) is 75.2 Å². The van der Waals surface area contributed by atoms with Gasteiger partial charge in [-0.15, -0.1) is 0 Å². The van der Waals surface area contributed by atoms with Gasteiger partial charge in [-0.25, -0.2) is 0 Å². The summed E-state index contributed by atoms with van der Waals surface area (Å²) >= 11 is 6.42. The van der Waals surface area contributed by atoms with Crippen LogP contribution in [0.2, 0.25) is 5.02 Å². The monoisotopic (exact) mass is 518 g/mol. The molecule has 0 saturated carbocycles. The van der Waals surface area contributed by atoms with E-state index in [1.54, 1.807) is 18.2 Å². The van der Waals surface area contributed by atoms with Gasteiger partial charge in [0.2, 0.25) is 0 Å². The van der Waals surface area contributed by atoms with Gasteiger partial charge in [0.15, 0.2) is 0 Å². The Hall–Kier alpha value is -3.77. The molecule has 0 bridgehead atoms. The molecule has 0 aromatic heterocycles. The van der Waals surface area contributed by atoms with Crippen molar-refractivity contribution in [2.24, 2.45) is 0 Å². The largest absolute Gasteiger partial charge is 0.507 e. The van der Waals surface area contributed by atoms with Crippen LogP contribution in [-0.4, -0.2) is 37.0 Å². The van der Waals surface area contributed by atoms with Crippen LogP contribution in [0.5, 0.6) is 5.75 Å². The van der Waals surface area contributed by atoms with Gasteiger partial charge >= 0.3 is 0 Å². The maximum absolute atomic E-state index is 13.5. The number of Topliss-reactive ketones (excluding diaryl/α,β-unsaturated/α-hetero) is 1. The van der Waals surface area contributed by atoms with E-state index in [0.29, 0.717) is 17.0 Å². The maximum atomic E-state index is 13.5. The van der Waals surface area contributed by atoms with Gasteiger partial charge in [0, 0.05) is 30.0 Å². The van der Waals surface area contributed by atoms with Gasteiger partial charge in [0.05, 0.1) is 23.7 Å². The van der Waals surface area contributed by atoms with Crippen LogP contribution in [0.1, 0.15) is 42.1 Å². The Morgan fingerprint density at radius 2 is 1.68 bits per heavy atom. The van der Waals surface area contributed by atoms with Gasteiger partial charge in [-0.3, -0.25) is 14.5 Å². The van der Waals surface area contributed by atoms with E-state index in [-0.39, 0.29) is 21.9 Å². The Kier molecular flexibility index (Phi) is 7.60. The third-order valence-electron chi connectivity index (χ3n) is 6.82. The zero-order chi connectivity index (χ0) is 26.9. The molecule has 0 spiro atoms. The van der Waals surface area contributed by atoms with Crippen LogP contribution in [0.4, 0.5) is 11.4 Å². The van der Waals surface area contributed by atoms with Crippen molar-refractivity contribution < 1.29 is 19.4 Å². The lowest BCUT2D eigenvalue weighted by Crippen LogP contribution is -2.30. The van der Waals surface area contributed by atoms with E-state index in [1.807, 2.05) is 56.3 Å². The SMILES string of the molecule is CCN(CC)c1ccc(C2/C(=C(\O)c3cc(OC)ccc3Cl)C(=O)C(=O)N2c2ccc(C)cc2C)cc1. The highest BCUT2D eigenvalue weighted by Gasteiger charge is 2.47. The van der Waals surface area contributed by atoms with Crippen molar-refractivity contribution in [1.82, 2.24) is 0 Å². The fraction of sp³-hybridized carbons (Fsp3) is 0.267. The molecule has 4 rings (SSSR count). The molecule has 0 radical (unpaired) electrons. The predicted molar refractivity (Wildman–Crippen MR) is 149 cm³/mol. The second-order valence-electron chi connectivity index (χ2n) is 9.07. The highest BCUT2D eigenvalue weighted by molar-refractivity contribution is 6.52. The number of methoxy groups -OCH3 is 1. The Balaban J connectivity index is 1.95. The summed E-state index contributed by atoms with van der Waals surface area (Å²) in [5, 5.41) is 11.7. The molecule has 7 heteroatoms. The smallest absolute Gasteiger partial charge is 0.300 e.